The second kappa shape index (κ2) is 6.40. The molecule has 0 N–H and O–H groups in total. The highest BCUT2D eigenvalue weighted by atomic mass is 32.2. The van der Waals surface area contributed by atoms with Crippen LogP contribution in [0.5, 0.6) is 0 Å². The van der Waals surface area contributed by atoms with E-state index in [1.54, 1.807) is 24.3 Å². The number of para-hydroxylation sites is 1. The van der Waals surface area contributed by atoms with Crippen LogP contribution in [0, 0.1) is 10.1 Å². The Balaban J connectivity index is 2.09. The summed E-state index contributed by atoms with van der Waals surface area (Å²) in [5, 5.41) is 15.9. The van der Waals surface area contributed by atoms with Gasteiger partial charge in [0.15, 0.2) is 4.32 Å². The third kappa shape index (κ3) is 3.28. The summed E-state index contributed by atoms with van der Waals surface area (Å²) in [4.78, 5) is 21.7. The quantitative estimate of drug-likeness (QED) is 0.369. The fourth-order valence-corrected chi connectivity index (χ4v) is 2.47. The summed E-state index contributed by atoms with van der Waals surface area (Å²) in [7, 11) is 0. The lowest BCUT2D eigenvalue weighted by molar-refractivity contribution is -0.385. The van der Waals surface area contributed by atoms with E-state index in [1.807, 2.05) is 0 Å². The summed E-state index contributed by atoms with van der Waals surface area (Å²) in [6.07, 6.45) is 4.46. The number of carbonyl (C=O) groups excluding carboxylic acids is 1. The number of nitrogens with zero attached hydrogens (tertiary/aromatic N) is 3. The third-order valence-electron chi connectivity index (χ3n) is 2.41. The SMILES string of the molecule is O=C1CSC(=S)N1/N=C/C=C/c1ccccc1[N+](=O)[O-]. The van der Waals surface area contributed by atoms with E-state index in [9.17, 15) is 14.9 Å². The van der Waals surface area contributed by atoms with Crippen molar-refractivity contribution in [1.82, 2.24) is 5.01 Å². The van der Waals surface area contributed by atoms with Gasteiger partial charge in [0, 0.05) is 12.3 Å². The van der Waals surface area contributed by atoms with Gasteiger partial charge in [0.1, 0.15) is 0 Å². The van der Waals surface area contributed by atoms with Gasteiger partial charge in [-0.15, -0.1) is 0 Å². The lowest BCUT2D eigenvalue weighted by Crippen LogP contribution is -2.22. The minimum atomic E-state index is -0.452. The zero-order chi connectivity index (χ0) is 14.5. The van der Waals surface area contributed by atoms with Gasteiger partial charge in [-0.1, -0.05) is 36.1 Å². The van der Waals surface area contributed by atoms with Crippen LogP contribution < -0.4 is 0 Å². The number of benzene rings is 1. The molecule has 1 saturated heterocycles. The predicted molar refractivity (Wildman–Crippen MR) is 82.5 cm³/mol. The summed E-state index contributed by atoms with van der Waals surface area (Å²) in [6, 6.07) is 6.36. The molecular weight excluding hydrogens is 298 g/mol. The predicted octanol–water partition coefficient (Wildman–Crippen LogP) is 2.45. The molecule has 1 aromatic rings. The Labute approximate surface area is 124 Å². The van der Waals surface area contributed by atoms with Gasteiger partial charge in [-0.25, -0.2) is 0 Å². The molecule has 0 radical (unpaired) electrons. The highest BCUT2D eigenvalue weighted by molar-refractivity contribution is 8.23. The number of carbonyl (C=O) groups is 1. The first-order chi connectivity index (χ1) is 9.59. The largest absolute Gasteiger partial charge is 0.276 e. The first-order valence-electron chi connectivity index (χ1n) is 5.53. The number of nitro groups is 1. The Hall–Kier alpha value is -2.06. The van der Waals surface area contributed by atoms with E-state index in [4.69, 9.17) is 12.2 Å². The molecule has 1 aliphatic heterocycles. The van der Waals surface area contributed by atoms with E-state index in [-0.39, 0.29) is 11.6 Å². The molecule has 0 aliphatic carbocycles. The maximum Gasteiger partial charge on any atom is 0.276 e. The maximum absolute atomic E-state index is 11.4. The number of thiocarbonyl (C=S) groups is 1. The van der Waals surface area contributed by atoms with Crippen LogP contribution >= 0.6 is 24.0 Å². The van der Waals surface area contributed by atoms with Crippen molar-refractivity contribution in [3.63, 3.8) is 0 Å². The molecule has 0 atom stereocenters. The molecular formula is C12H9N3O3S2. The van der Waals surface area contributed by atoms with Crippen LogP contribution in [0.15, 0.2) is 35.4 Å². The molecule has 0 saturated carbocycles. The number of thioether (sulfide) groups is 1. The molecule has 20 heavy (non-hydrogen) atoms. The normalized spacial score (nSPS) is 15.7. The van der Waals surface area contributed by atoms with E-state index < -0.39 is 4.92 Å². The summed E-state index contributed by atoms with van der Waals surface area (Å²) in [5.41, 5.74) is 0.481. The van der Waals surface area contributed by atoms with Crippen molar-refractivity contribution in [2.45, 2.75) is 0 Å². The Morgan fingerprint density at radius 2 is 2.20 bits per heavy atom. The van der Waals surface area contributed by atoms with E-state index in [1.165, 1.54) is 30.1 Å². The Morgan fingerprint density at radius 3 is 2.85 bits per heavy atom. The molecule has 1 amide bonds. The Bertz CT molecular complexity index is 612. The molecule has 1 fully saturated rings. The first kappa shape index (κ1) is 14.4. The third-order valence-corrected chi connectivity index (χ3v) is 3.74. The molecule has 6 nitrogen and oxygen atoms in total. The highest BCUT2D eigenvalue weighted by Crippen LogP contribution is 2.20. The van der Waals surface area contributed by atoms with Crippen molar-refractivity contribution in [2.24, 2.45) is 5.10 Å². The number of nitro benzene ring substituents is 1. The van der Waals surface area contributed by atoms with Crippen molar-refractivity contribution in [1.29, 1.82) is 0 Å². The second-order valence-corrected chi connectivity index (χ2v) is 5.31. The summed E-state index contributed by atoms with van der Waals surface area (Å²) >= 11 is 6.21. The number of hydrogen-bond donors (Lipinski definition) is 0. The Morgan fingerprint density at radius 1 is 1.45 bits per heavy atom. The van der Waals surface area contributed by atoms with E-state index in [0.29, 0.717) is 15.6 Å². The van der Waals surface area contributed by atoms with Crippen LogP contribution in [0.25, 0.3) is 6.08 Å². The molecule has 0 aromatic heterocycles. The van der Waals surface area contributed by atoms with Gasteiger partial charge in [0.05, 0.1) is 16.2 Å². The van der Waals surface area contributed by atoms with Gasteiger partial charge in [0.25, 0.3) is 11.6 Å². The molecule has 1 aliphatic rings. The zero-order valence-electron chi connectivity index (χ0n) is 10.1. The van der Waals surface area contributed by atoms with Crippen LogP contribution in [-0.2, 0) is 4.79 Å². The number of hydrogen-bond acceptors (Lipinski definition) is 6. The number of rotatable bonds is 4. The van der Waals surface area contributed by atoms with Crippen LogP contribution in [0.2, 0.25) is 0 Å². The van der Waals surface area contributed by atoms with Crippen molar-refractivity contribution < 1.29 is 9.72 Å². The van der Waals surface area contributed by atoms with Crippen molar-refractivity contribution in [3.8, 4) is 0 Å². The molecule has 0 bridgehead atoms. The van der Waals surface area contributed by atoms with E-state index in [0.717, 1.165) is 5.01 Å². The van der Waals surface area contributed by atoms with Crippen molar-refractivity contribution >= 4 is 52.2 Å². The van der Waals surface area contributed by atoms with Crippen LogP contribution in [0.1, 0.15) is 5.56 Å². The summed E-state index contributed by atoms with van der Waals surface area (Å²) < 4.78 is 0.408. The van der Waals surface area contributed by atoms with Gasteiger partial charge in [-0.2, -0.15) is 10.1 Å². The van der Waals surface area contributed by atoms with Gasteiger partial charge in [-0.05, 0) is 18.2 Å². The Kier molecular flexibility index (Phi) is 4.59. The molecule has 2 rings (SSSR count). The minimum Gasteiger partial charge on any atom is -0.272 e. The molecule has 0 spiro atoms. The molecule has 1 aromatic carbocycles. The average Bonchev–Trinajstić information content (AvgIpc) is 2.75. The lowest BCUT2D eigenvalue weighted by Gasteiger charge is -2.04. The van der Waals surface area contributed by atoms with Gasteiger partial charge >= 0.3 is 0 Å². The highest BCUT2D eigenvalue weighted by Gasteiger charge is 2.25. The molecule has 1 heterocycles. The standard InChI is InChI=1S/C12H9N3O3S2/c16-11-8-20-12(19)14(11)13-7-3-5-9-4-1-2-6-10(9)15(17)18/h1-7H,8H2/b5-3+,13-7+. The van der Waals surface area contributed by atoms with E-state index >= 15 is 0 Å². The van der Waals surface area contributed by atoms with Gasteiger partial charge in [0.2, 0.25) is 0 Å². The van der Waals surface area contributed by atoms with E-state index in [2.05, 4.69) is 5.10 Å². The van der Waals surface area contributed by atoms with Crippen molar-refractivity contribution in [3.05, 3.63) is 46.0 Å². The average molecular weight is 307 g/mol. The lowest BCUT2D eigenvalue weighted by atomic mass is 10.2. The summed E-state index contributed by atoms with van der Waals surface area (Å²) in [5.74, 6) is 0.125. The fraction of sp³-hybridized carbons (Fsp3) is 0.0833. The minimum absolute atomic E-state index is 0.0143. The summed E-state index contributed by atoms with van der Waals surface area (Å²) in [6.45, 7) is 0. The second-order valence-electron chi connectivity index (χ2n) is 3.70. The van der Waals surface area contributed by atoms with Crippen LogP contribution in [-0.4, -0.2) is 32.1 Å². The topological polar surface area (TPSA) is 75.8 Å². The molecule has 102 valence electrons. The van der Waals surface area contributed by atoms with Crippen molar-refractivity contribution in [2.75, 3.05) is 5.75 Å². The fourth-order valence-electron chi connectivity index (χ4n) is 1.51. The van der Waals surface area contributed by atoms with Gasteiger partial charge in [-0.3, -0.25) is 14.9 Å². The number of allylic oxidation sites excluding steroid dienone is 1. The first-order valence-corrected chi connectivity index (χ1v) is 6.93. The van der Waals surface area contributed by atoms with Gasteiger partial charge < -0.3 is 0 Å². The number of amides is 1. The maximum atomic E-state index is 11.4. The van der Waals surface area contributed by atoms with Crippen LogP contribution in [0.3, 0.4) is 0 Å². The monoisotopic (exact) mass is 307 g/mol. The number of hydrazone groups is 1. The molecule has 8 heteroatoms. The molecule has 0 unspecified atom stereocenters. The zero-order valence-corrected chi connectivity index (χ0v) is 11.8. The van der Waals surface area contributed by atoms with Crippen LogP contribution in [0.4, 0.5) is 5.69 Å². The smallest absolute Gasteiger partial charge is 0.272 e.